The Morgan fingerprint density at radius 2 is 1.94 bits per heavy atom. The van der Waals surface area contributed by atoms with Crippen LogP contribution in [0.4, 0.5) is 4.79 Å². The fourth-order valence-corrected chi connectivity index (χ4v) is 1.14. The van der Waals surface area contributed by atoms with Gasteiger partial charge in [0.2, 0.25) is 0 Å². The van der Waals surface area contributed by atoms with E-state index in [9.17, 15) is 9.59 Å². The molecule has 0 aromatic rings. The summed E-state index contributed by atoms with van der Waals surface area (Å²) in [7, 11) is 2.76. The fourth-order valence-electron chi connectivity index (χ4n) is 1.14. The van der Waals surface area contributed by atoms with E-state index in [1.54, 1.807) is 0 Å². The number of hydrogen-bond acceptors (Lipinski definition) is 4. The molecule has 0 unspecified atom stereocenters. The van der Waals surface area contributed by atoms with Gasteiger partial charge >= 0.3 is 12.1 Å². The standard InChI is InChI=1S/C11H21NO4/c1-9(2)6-5-7-16-10(13)8-12(3)11(14)15-4/h9H,5-8H2,1-4H3. The van der Waals surface area contributed by atoms with E-state index in [-0.39, 0.29) is 6.54 Å². The number of methoxy groups -OCH3 is 1. The van der Waals surface area contributed by atoms with E-state index >= 15 is 0 Å². The van der Waals surface area contributed by atoms with Crippen LogP contribution in [0.5, 0.6) is 0 Å². The first-order valence-corrected chi connectivity index (χ1v) is 5.42. The van der Waals surface area contributed by atoms with E-state index in [1.165, 1.54) is 19.1 Å². The molecule has 0 aromatic heterocycles. The van der Waals surface area contributed by atoms with Crippen LogP contribution in [0, 0.1) is 5.92 Å². The second kappa shape index (κ2) is 7.96. The highest BCUT2D eigenvalue weighted by atomic mass is 16.5. The van der Waals surface area contributed by atoms with E-state index in [0.717, 1.165) is 12.8 Å². The Morgan fingerprint density at radius 1 is 1.31 bits per heavy atom. The summed E-state index contributed by atoms with van der Waals surface area (Å²) in [6.45, 7) is 4.57. The number of carbonyl (C=O) groups is 2. The van der Waals surface area contributed by atoms with Crippen molar-refractivity contribution in [3.63, 3.8) is 0 Å². The van der Waals surface area contributed by atoms with Crippen LogP contribution < -0.4 is 0 Å². The second-order valence-electron chi connectivity index (χ2n) is 4.08. The molecule has 0 atom stereocenters. The van der Waals surface area contributed by atoms with E-state index in [0.29, 0.717) is 12.5 Å². The molecule has 0 aliphatic heterocycles. The van der Waals surface area contributed by atoms with Crippen LogP contribution in [0.1, 0.15) is 26.7 Å². The third-order valence-corrected chi connectivity index (χ3v) is 2.04. The lowest BCUT2D eigenvalue weighted by molar-refractivity contribution is -0.144. The van der Waals surface area contributed by atoms with Crippen molar-refractivity contribution in [2.45, 2.75) is 26.7 Å². The fraction of sp³-hybridized carbons (Fsp3) is 0.818. The lowest BCUT2D eigenvalue weighted by Crippen LogP contribution is -2.33. The van der Waals surface area contributed by atoms with Crippen LogP contribution in [0.15, 0.2) is 0 Å². The number of hydrogen-bond donors (Lipinski definition) is 0. The van der Waals surface area contributed by atoms with Gasteiger partial charge in [-0.2, -0.15) is 0 Å². The van der Waals surface area contributed by atoms with Gasteiger partial charge in [0.05, 0.1) is 13.7 Å². The Balaban J connectivity index is 3.62. The minimum atomic E-state index is -0.542. The average Bonchev–Trinajstić information content (AvgIpc) is 2.22. The number of likely N-dealkylation sites (N-methyl/N-ethyl adjacent to an activating group) is 1. The monoisotopic (exact) mass is 231 g/mol. The molecule has 0 bridgehead atoms. The molecule has 1 amide bonds. The van der Waals surface area contributed by atoms with Gasteiger partial charge in [-0.05, 0) is 18.8 Å². The van der Waals surface area contributed by atoms with Crippen molar-refractivity contribution in [3.8, 4) is 0 Å². The Bertz CT molecular complexity index is 228. The smallest absolute Gasteiger partial charge is 0.409 e. The van der Waals surface area contributed by atoms with Gasteiger partial charge < -0.3 is 14.4 Å². The Labute approximate surface area is 96.7 Å². The molecule has 0 aromatic carbocycles. The van der Waals surface area contributed by atoms with Gasteiger partial charge in [0.25, 0.3) is 0 Å². The van der Waals surface area contributed by atoms with Crippen LogP contribution in [0.3, 0.4) is 0 Å². The summed E-state index contributed by atoms with van der Waals surface area (Å²) in [6, 6.07) is 0. The highest BCUT2D eigenvalue weighted by Gasteiger charge is 2.13. The molecular weight excluding hydrogens is 210 g/mol. The molecule has 0 N–H and O–H groups in total. The van der Waals surface area contributed by atoms with E-state index in [1.807, 2.05) is 0 Å². The number of nitrogens with zero attached hydrogens (tertiary/aromatic N) is 1. The van der Waals surface area contributed by atoms with Gasteiger partial charge in [-0.25, -0.2) is 4.79 Å². The zero-order valence-electron chi connectivity index (χ0n) is 10.5. The zero-order valence-corrected chi connectivity index (χ0v) is 10.5. The van der Waals surface area contributed by atoms with E-state index in [4.69, 9.17) is 4.74 Å². The molecule has 0 aliphatic carbocycles. The molecule has 5 heteroatoms. The third kappa shape index (κ3) is 7.09. The van der Waals surface area contributed by atoms with Crippen molar-refractivity contribution >= 4 is 12.1 Å². The molecule has 0 heterocycles. The van der Waals surface area contributed by atoms with Crippen molar-refractivity contribution in [1.29, 1.82) is 0 Å². The summed E-state index contributed by atoms with van der Waals surface area (Å²) in [4.78, 5) is 23.4. The van der Waals surface area contributed by atoms with Crippen LogP contribution >= 0.6 is 0 Å². The minimum absolute atomic E-state index is 0.0750. The number of amides is 1. The average molecular weight is 231 g/mol. The first kappa shape index (κ1) is 14.7. The molecule has 16 heavy (non-hydrogen) atoms. The molecule has 0 fully saturated rings. The molecular formula is C11H21NO4. The minimum Gasteiger partial charge on any atom is -0.464 e. The molecule has 0 saturated heterocycles. The van der Waals surface area contributed by atoms with Gasteiger partial charge in [-0.15, -0.1) is 0 Å². The first-order chi connectivity index (χ1) is 7.47. The van der Waals surface area contributed by atoms with Crippen LogP contribution in [-0.2, 0) is 14.3 Å². The topological polar surface area (TPSA) is 55.8 Å². The first-order valence-electron chi connectivity index (χ1n) is 5.42. The maximum absolute atomic E-state index is 11.2. The maximum Gasteiger partial charge on any atom is 0.409 e. The molecule has 94 valence electrons. The van der Waals surface area contributed by atoms with Gasteiger partial charge in [-0.1, -0.05) is 13.8 Å². The lowest BCUT2D eigenvalue weighted by atomic mass is 10.1. The SMILES string of the molecule is COC(=O)N(C)CC(=O)OCCCC(C)C. The van der Waals surface area contributed by atoms with Gasteiger partial charge in [0, 0.05) is 7.05 Å². The van der Waals surface area contributed by atoms with Crippen molar-refractivity contribution in [2.75, 3.05) is 27.3 Å². The van der Waals surface area contributed by atoms with Crippen molar-refractivity contribution in [2.24, 2.45) is 5.92 Å². The van der Waals surface area contributed by atoms with Crippen molar-refractivity contribution < 1.29 is 19.1 Å². The third-order valence-electron chi connectivity index (χ3n) is 2.04. The van der Waals surface area contributed by atoms with Crippen molar-refractivity contribution in [1.82, 2.24) is 4.90 Å². The quantitative estimate of drug-likeness (QED) is 0.515. The predicted octanol–water partition coefficient (Wildman–Crippen LogP) is 1.66. The van der Waals surface area contributed by atoms with Crippen molar-refractivity contribution in [3.05, 3.63) is 0 Å². The summed E-state index contributed by atoms with van der Waals surface area (Å²) in [5.41, 5.74) is 0. The maximum atomic E-state index is 11.2. The number of carbonyl (C=O) groups excluding carboxylic acids is 2. The zero-order chi connectivity index (χ0) is 12.6. The Hall–Kier alpha value is -1.26. The number of ether oxygens (including phenoxy) is 2. The molecule has 5 nitrogen and oxygen atoms in total. The summed E-state index contributed by atoms with van der Waals surface area (Å²) in [5, 5.41) is 0. The largest absolute Gasteiger partial charge is 0.464 e. The number of rotatable bonds is 6. The Kier molecular flexibility index (Phi) is 7.33. The lowest BCUT2D eigenvalue weighted by Gasteiger charge is -2.14. The molecule has 0 aliphatic rings. The summed E-state index contributed by atoms with van der Waals surface area (Å²) >= 11 is 0. The van der Waals surface area contributed by atoms with Crippen LogP contribution in [0.25, 0.3) is 0 Å². The van der Waals surface area contributed by atoms with E-state index < -0.39 is 12.1 Å². The van der Waals surface area contributed by atoms with E-state index in [2.05, 4.69) is 18.6 Å². The summed E-state index contributed by atoms with van der Waals surface area (Å²) < 4.78 is 9.42. The van der Waals surface area contributed by atoms with Crippen LogP contribution in [-0.4, -0.2) is 44.3 Å². The Morgan fingerprint density at radius 3 is 2.44 bits per heavy atom. The summed E-state index contributed by atoms with van der Waals surface area (Å²) in [5.74, 6) is 0.202. The summed E-state index contributed by atoms with van der Waals surface area (Å²) in [6.07, 6.45) is 1.34. The molecule has 0 rings (SSSR count). The highest BCUT2D eigenvalue weighted by Crippen LogP contribution is 2.03. The highest BCUT2D eigenvalue weighted by molar-refractivity contribution is 5.77. The van der Waals surface area contributed by atoms with Crippen LogP contribution in [0.2, 0.25) is 0 Å². The van der Waals surface area contributed by atoms with Gasteiger partial charge in [0.15, 0.2) is 0 Å². The van der Waals surface area contributed by atoms with Gasteiger partial charge in [-0.3, -0.25) is 4.79 Å². The molecule has 0 spiro atoms. The normalized spacial score (nSPS) is 10.1. The number of esters is 1. The second-order valence-corrected chi connectivity index (χ2v) is 4.08. The molecule has 0 saturated carbocycles. The molecule has 0 radical (unpaired) electrons. The van der Waals surface area contributed by atoms with Gasteiger partial charge in [0.1, 0.15) is 6.54 Å². The predicted molar refractivity (Wildman–Crippen MR) is 60.1 cm³/mol.